The number of hydrazine groups is 1. The van der Waals surface area contributed by atoms with Crippen molar-refractivity contribution in [2.45, 2.75) is 20.0 Å². The van der Waals surface area contributed by atoms with Gasteiger partial charge in [-0.05, 0) is 30.3 Å². The van der Waals surface area contributed by atoms with Gasteiger partial charge in [0.1, 0.15) is 17.1 Å². The van der Waals surface area contributed by atoms with Crippen molar-refractivity contribution in [1.29, 1.82) is 0 Å². The minimum Gasteiger partial charge on any atom is -0.421 e. The van der Waals surface area contributed by atoms with E-state index in [4.69, 9.17) is 26.4 Å². The summed E-state index contributed by atoms with van der Waals surface area (Å²) in [5.74, 6) is 3.72. The predicted octanol–water partition coefficient (Wildman–Crippen LogP) is 5.59. The highest BCUT2D eigenvalue weighted by atomic mass is 35.5. The topological polar surface area (TPSA) is 129 Å². The van der Waals surface area contributed by atoms with E-state index in [9.17, 15) is 22.4 Å². The van der Waals surface area contributed by atoms with Crippen LogP contribution in [0.25, 0.3) is 39.7 Å². The van der Waals surface area contributed by atoms with Gasteiger partial charge >= 0.3 is 6.18 Å². The Balaban J connectivity index is 1.77. The lowest BCUT2D eigenvalue weighted by Gasteiger charge is -2.17. The number of nitrogens with zero attached hydrogens (tertiary/aromatic N) is 6. The highest BCUT2D eigenvalue weighted by Gasteiger charge is 2.42. The van der Waals surface area contributed by atoms with E-state index in [1.165, 1.54) is 50.2 Å². The molecule has 0 saturated carbocycles. The van der Waals surface area contributed by atoms with Crippen molar-refractivity contribution in [3.63, 3.8) is 0 Å². The standard InChI is InChI=1S/C24H16ClF4N7O3/c1-11-32-33-23(38-11)19-20(18-16(25)7-4-8-17(18)26)34-39-21(19)15-10-31-36(22(15)24(27,28)29)14-6-3-5-13(9-14)35(30)12(2)37/h3-10H,30H2,1-2H3. The summed E-state index contributed by atoms with van der Waals surface area (Å²) in [7, 11) is 0. The third-order valence-corrected chi connectivity index (χ3v) is 5.92. The van der Waals surface area contributed by atoms with Crippen molar-refractivity contribution < 1.29 is 31.3 Å². The Labute approximate surface area is 221 Å². The second-order valence-electron chi connectivity index (χ2n) is 8.18. The highest BCUT2D eigenvalue weighted by molar-refractivity contribution is 6.33. The second kappa shape index (κ2) is 9.63. The Morgan fingerprint density at radius 3 is 2.51 bits per heavy atom. The number of alkyl halides is 3. The van der Waals surface area contributed by atoms with Crippen molar-refractivity contribution in [3.8, 4) is 39.7 Å². The van der Waals surface area contributed by atoms with E-state index in [1.807, 2.05) is 0 Å². The molecular weight excluding hydrogens is 546 g/mol. The molecule has 39 heavy (non-hydrogen) atoms. The Hall–Kier alpha value is -4.56. The first-order valence-corrected chi connectivity index (χ1v) is 11.4. The van der Waals surface area contributed by atoms with Crippen molar-refractivity contribution in [2.24, 2.45) is 5.84 Å². The molecule has 0 aliphatic carbocycles. The number of rotatable bonds is 5. The molecule has 0 fully saturated rings. The summed E-state index contributed by atoms with van der Waals surface area (Å²) < 4.78 is 69.9. The first-order chi connectivity index (χ1) is 18.5. The number of halogens is 5. The number of aryl methyl sites for hydroxylation is 1. The summed E-state index contributed by atoms with van der Waals surface area (Å²) >= 11 is 6.21. The van der Waals surface area contributed by atoms with Crippen LogP contribution in [0.5, 0.6) is 0 Å². The Morgan fingerprint density at radius 1 is 1.13 bits per heavy atom. The molecule has 2 N–H and O–H groups in total. The van der Waals surface area contributed by atoms with Crippen molar-refractivity contribution >= 4 is 23.2 Å². The fourth-order valence-electron chi connectivity index (χ4n) is 3.90. The molecule has 1 amide bonds. The Bertz CT molecular complexity index is 1690. The number of aromatic nitrogens is 5. The van der Waals surface area contributed by atoms with Crippen molar-refractivity contribution in [3.05, 3.63) is 71.1 Å². The van der Waals surface area contributed by atoms with Gasteiger partial charge in [0.15, 0.2) is 11.5 Å². The van der Waals surface area contributed by atoms with Crippen molar-refractivity contribution in [1.82, 2.24) is 25.1 Å². The molecule has 0 bridgehead atoms. The van der Waals surface area contributed by atoms with Gasteiger partial charge in [0, 0.05) is 13.8 Å². The van der Waals surface area contributed by atoms with Crippen molar-refractivity contribution in [2.75, 3.05) is 5.01 Å². The Kier molecular flexibility index (Phi) is 6.44. The zero-order chi connectivity index (χ0) is 28.1. The minimum absolute atomic E-state index is 0.0603. The SMILES string of the molecule is CC(=O)N(N)c1cccc(-n2ncc(-c3onc(-c4c(F)cccc4Cl)c3-c3nnc(C)o3)c2C(F)(F)F)c1. The van der Waals surface area contributed by atoms with Gasteiger partial charge in [-0.2, -0.15) is 18.3 Å². The molecule has 0 saturated heterocycles. The smallest absolute Gasteiger partial charge is 0.421 e. The predicted molar refractivity (Wildman–Crippen MR) is 130 cm³/mol. The fraction of sp³-hybridized carbons (Fsp3) is 0.125. The van der Waals surface area contributed by atoms with Crippen LogP contribution in [-0.4, -0.2) is 31.0 Å². The molecule has 0 atom stereocenters. The van der Waals surface area contributed by atoms with Gasteiger partial charge in [0.2, 0.25) is 11.8 Å². The lowest BCUT2D eigenvalue weighted by Crippen LogP contribution is -2.35. The summed E-state index contributed by atoms with van der Waals surface area (Å²) in [6.45, 7) is 2.66. The molecule has 5 aromatic rings. The van der Waals surface area contributed by atoms with Gasteiger partial charge in [0.25, 0.3) is 5.89 Å². The molecule has 2 aromatic carbocycles. The van der Waals surface area contributed by atoms with E-state index in [-0.39, 0.29) is 45.0 Å². The zero-order valence-electron chi connectivity index (χ0n) is 20.0. The molecule has 0 radical (unpaired) electrons. The Morgan fingerprint density at radius 2 is 1.87 bits per heavy atom. The quantitative estimate of drug-likeness (QED) is 0.127. The third kappa shape index (κ3) is 4.64. The first-order valence-electron chi connectivity index (χ1n) is 11.0. The van der Waals surface area contributed by atoms with Crippen LogP contribution in [0.3, 0.4) is 0 Å². The molecular formula is C24H16ClF4N7O3. The van der Waals surface area contributed by atoms with Gasteiger partial charge in [-0.25, -0.2) is 19.9 Å². The third-order valence-electron chi connectivity index (χ3n) is 5.61. The molecule has 15 heteroatoms. The first kappa shape index (κ1) is 26.1. The maximum absolute atomic E-state index is 14.8. The minimum atomic E-state index is -4.98. The normalized spacial score (nSPS) is 11.7. The molecule has 0 aliphatic heterocycles. The van der Waals surface area contributed by atoms with Crippen LogP contribution < -0.4 is 10.9 Å². The monoisotopic (exact) mass is 561 g/mol. The summed E-state index contributed by atoms with van der Waals surface area (Å²) in [6, 6.07) is 9.29. The lowest BCUT2D eigenvalue weighted by atomic mass is 10.0. The van der Waals surface area contributed by atoms with Crippen LogP contribution in [0.4, 0.5) is 23.2 Å². The number of hydrogen-bond acceptors (Lipinski definition) is 8. The van der Waals surface area contributed by atoms with E-state index in [0.717, 1.165) is 17.3 Å². The maximum atomic E-state index is 14.8. The number of carbonyl (C=O) groups is 1. The van der Waals surface area contributed by atoms with Crippen LogP contribution >= 0.6 is 11.6 Å². The summed E-state index contributed by atoms with van der Waals surface area (Å²) in [5, 5.41) is 16.1. The van der Waals surface area contributed by atoms with Gasteiger partial charge in [-0.3, -0.25) is 4.79 Å². The summed E-state index contributed by atoms with van der Waals surface area (Å²) in [4.78, 5) is 11.7. The average molecular weight is 562 g/mol. The van der Waals surface area contributed by atoms with Gasteiger partial charge in [-0.1, -0.05) is 28.9 Å². The van der Waals surface area contributed by atoms with Crippen LogP contribution in [-0.2, 0) is 11.0 Å². The molecule has 3 heterocycles. The van der Waals surface area contributed by atoms with E-state index in [0.29, 0.717) is 4.68 Å². The molecule has 10 nitrogen and oxygen atoms in total. The van der Waals surface area contributed by atoms with Crippen LogP contribution in [0, 0.1) is 12.7 Å². The van der Waals surface area contributed by atoms with E-state index >= 15 is 0 Å². The molecule has 200 valence electrons. The fourth-order valence-corrected chi connectivity index (χ4v) is 4.16. The average Bonchev–Trinajstić information content (AvgIpc) is 3.61. The molecule has 5 rings (SSSR count). The lowest BCUT2D eigenvalue weighted by molar-refractivity contribution is -0.142. The highest BCUT2D eigenvalue weighted by Crippen LogP contribution is 2.46. The second-order valence-corrected chi connectivity index (χ2v) is 8.59. The van der Waals surface area contributed by atoms with Gasteiger partial charge in [-0.15, -0.1) is 10.2 Å². The van der Waals surface area contributed by atoms with Gasteiger partial charge < -0.3 is 8.94 Å². The largest absolute Gasteiger partial charge is 0.434 e. The number of benzene rings is 2. The maximum Gasteiger partial charge on any atom is 0.434 e. The molecule has 0 aliphatic rings. The van der Waals surface area contributed by atoms with Crippen LogP contribution in [0.1, 0.15) is 18.5 Å². The molecule has 3 aromatic heterocycles. The number of amides is 1. The molecule has 0 spiro atoms. The van der Waals surface area contributed by atoms with Crippen LogP contribution in [0.15, 0.2) is 57.6 Å². The number of nitrogens with two attached hydrogens (primary N) is 1. The van der Waals surface area contributed by atoms with E-state index in [2.05, 4.69) is 20.5 Å². The zero-order valence-corrected chi connectivity index (χ0v) is 20.7. The van der Waals surface area contributed by atoms with Crippen LogP contribution in [0.2, 0.25) is 5.02 Å². The number of hydrogen-bond donors (Lipinski definition) is 1. The number of carbonyl (C=O) groups excluding carboxylic acids is 1. The summed E-state index contributed by atoms with van der Waals surface area (Å²) in [5.41, 5.74) is -2.45. The van der Waals surface area contributed by atoms with E-state index < -0.39 is 34.9 Å². The van der Waals surface area contributed by atoms with Gasteiger partial charge in [0.05, 0.1) is 33.7 Å². The number of anilines is 1. The molecule has 0 unspecified atom stereocenters. The van der Waals surface area contributed by atoms with E-state index in [1.54, 1.807) is 0 Å². The summed E-state index contributed by atoms with van der Waals surface area (Å²) in [6.07, 6.45) is -4.07.